The molecule has 0 aliphatic carbocycles. The summed E-state index contributed by atoms with van der Waals surface area (Å²) in [6.45, 7) is 0. The quantitative estimate of drug-likeness (QED) is 0.591. The Bertz CT molecular complexity index is 436. The number of rotatable bonds is 4. The number of para-hydroxylation sites is 1. The molecule has 0 bridgehead atoms. The highest BCUT2D eigenvalue weighted by molar-refractivity contribution is 9.23. The summed E-state index contributed by atoms with van der Waals surface area (Å²) in [7, 11) is -0.576. The van der Waals surface area contributed by atoms with Gasteiger partial charge in [-0.2, -0.15) is 0 Å². The van der Waals surface area contributed by atoms with E-state index >= 15 is 0 Å². The highest BCUT2D eigenvalue weighted by Crippen LogP contribution is 2.59. The predicted octanol–water partition coefficient (Wildman–Crippen LogP) is 3.21. The molecule has 18 heavy (non-hydrogen) atoms. The molecule has 1 aromatic rings. The van der Waals surface area contributed by atoms with Gasteiger partial charge in [-0.3, -0.25) is 9.59 Å². The van der Waals surface area contributed by atoms with Gasteiger partial charge in [0.1, 0.15) is 0 Å². The number of carbonyl (C=O) groups excluding carboxylic acids is 1. The zero-order valence-corrected chi connectivity index (χ0v) is 12.4. The third-order valence-electron chi connectivity index (χ3n) is 2.30. The number of aliphatic carboxylic acids is 1. The molecule has 1 aromatic carbocycles. The molecule has 7 heteroatoms. The first-order valence-corrected chi connectivity index (χ1v) is 9.06. The number of benzene rings is 1. The number of carboxylic acid groups (broad SMARTS) is 1. The molecule has 100 valence electrons. The van der Waals surface area contributed by atoms with Crippen LogP contribution in [0.15, 0.2) is 30.3 Å². The van der Waals surface area contributed by atoms with E-state index in [1.165, 1.54) is 4.90 Å². The molecule has 0 heterocycles. The fourth-order valence-corrected chi connectivity index (χ4v) is 3.75. The van der Waals surface area contributed by atoms with Crippen molar-refractivity contribution in [3.8, 4) is 0 Å². The summed E-state index contributed by atoms with van der Waals surface area (Å²) >= 11 is 8.48. The largest absolute Gasteiger partial charge is 0.481 e. The van der Waals surface area contributed by atoms with E-state index in [1.54, 1.807) is 19.2 Å². The fourth-order valence-electron chi connectivity index (χ4n) is 1.29. The predicted molar refractivity (Wildman–Crippen MR) is 82.9 cm³/mol. The summed E-state index contributed by atoms with van der Waals surface area (Å²) in [5.74, 6) is -0.810. The summed E-state index contributed by atoms with van der Waals surface area (Å²) in [5, 5.41) is 8.37. The molecule has 0 aromatic heterocycles. The van der Waals surface area contributed by atoms with Gasteiger partial charge < -0.3 is 10.0 Å². The normalized spacial score (nSPS) is 11.9. The van der Waals surface area contributed by atoms with Crippen molar-refractivity contribution >= 4 is 48.3 Å². The minimum Gasteiger partial charge on any atom is -0.481 e. The van der Waals surface area contributed by atoms with E-state index in [0.29, 0.717) is 0 Å². The Balaban J connectivity index is 2.77. The van der Waals surface area contributed by atoms with E-state index < -0.39 is 14.1 Å². The number of hydrogen-bond acceptors (Lipinski definition) is 4. The third-order valence-corrected chi connectivity index (χ3v) is 5.94. The molecule has 1 amide bonds. The molecule has 0 radical (unpaired) electrons. The van der Waals surface area contributed by atoms with E-state index in [0.717, 1.165) is 5.69 Å². The molecule has 1 rings (SSSR count). The molecule has 4 nitrogen and oxygen atoms in total. The number of nitrogens with zero attached hydrogens (tertiary/aromatic N) is 1. The zero-order valence-electron chi connectivity index (χ0n) is 9.81. The standard InChI is InChI=1S/C11H15NO3S3/c1-12(9-5-3-2-4-6-9)11(15)18(16,17)8-7-10(13)14/h2-6,16-17H,7-8H2,1H3,(H,13,14). The second-order valence-corrected chi connectivity index (χ2v) is 10.4. The summed E-state index contributed by atoms with van der Waals surface area (Å²) in [5.41, 5.74) is 0.734. The van der Waals surface area contributed by atoms with E-state index in [9.17, 15) is 9.59 Å². The summed E-state index contributed by atoms with van der Waals surface area (Å²) in [6.07, 6.45) is -0.114. The van der Waals surface area contributed by atoms with Crippen LogP contribution in [-0.4, -0.2) is 29.1 Å². The topological polar surface area (TPSA) is 57.6 Å². The van der Waals surface area contributed by atoms with Crippen molar-refractivity contribution in [2.24, 2.45) is 0 Å². The lowest BCUT2D eigenvalue weighted by Crippen LogP contribution is -2.27. The Morgan fingerprint density at radius 1 is 1.28 bits per heavy atom. The van der Waals surface area contributed by atoms with E-state index in [4.69, 9.17) is 5.11 Å². The highest BCUT2D eigenvalue weighted by Gasteiger charge is 2.29. The van der Waals surface area contributed by atoms with Crippen LogP contribution in [0.2, 0.25) is 0 Å². The lowest BCUT2D eigenvalue weighted by molar-refractivity contribution is -0.136. The lowest BCUT2D eigenvalue weighted by atomic mass is 10.3. The average Bonchev–Trinajstić information content (AvgIpc) is 2.36. The van der Waals surface area contributed by atoms with Crippen molar-refractivity contribution in [2.75, 3.05) is 17.7 Å². The van der Waals surface area contributed by atoms with Crippen LogP contribution in [0, 0.1) is 0 Å². The maximum atomic E-state index is 12.2. The minimum atomic E-state index is -2.21. The van der Waals surface area contributed by atoms with E-state index in [1.807, 2.05) is 18.2 Å². The number of carbonyl (C=O) groups is 2. The van der Waals surface area contributed by atoms with Crippen molar-refractivity contribution in [3.05, 3.63) is 30.3 Å². The first-order valence-electron chi connectivity index (χ1n) is 5.15. The molecule has 0 atom stereocenters. The summed E-state index contributed by atoms with van der Waals surface area (Å²) in [6, 6.07) is 9.10. The van der Waals surface area contributed by atoms with Gasteiger partial charge in [0.25, 0.3) is 5.24 Å². The average molecular weight is 305 g/mol. The maximum absolute atomic E-state index is 12.2. The first-order chi connectivity index (χ1) is 8.34. The molecule has 0 aliphatic heterocycles. The van der Waals surface area contributed by atoms with Crippen LogP contribution in [0.5, 0.6) is 0 Å². The zero-order chi connectivity index (χ0) is 13.8. The van der Waals surface area contributed by atoms with Crippen LogP contribution in [0.3, 0.4) is 0 Å². The summed E-state index contributed by atoms with van der Waals surface area (Å²) < 4.78 is 0. The van der Waals surface area contributed by atoms with Gasteiger partial charge in [-0.1, -0.05) is 26.3 Å². The minimum absolute atomic E-state index is 0.114. The maximum Gasteiger partial charge on any atom is 0.304 e. The second kappa shape index (κ2) is 6.40. The SMILES string of the molecule is CN(C(=O)S(S)(S)CCC(=O)O)c1ccccc1. The number of hydrogen-bond donors (Lipinski definition) is 3. The van der Waals surface area contributed by atoms with Crippen LogP contribution < -0.4 is 4.90 Å². The Morgan fingerprint density at radius 3 is 2.33 bits per heavy atom. The van der Waals surface area contributed by atoms with Gasteiger partial charge in [0.15, 0.2) is 0 Å². The molecule has 0 aliphatic rings. The van der Waals surface area contributed by atoms with Gasteiger partial charge in [0.2, 0.25) is 0 Å². The van der Waals surface area contributed by atoms with Crippen LogP contribution in [-0.2, 0) is 4.79 Å². The molecule has 0 fully saturated rings. The lowest BCUT2D eigenvalue weighted by Gasteiger charge is -2.31. The second-order valence-electron chi connectivity index (χ2n) is 3.68. The van der Waals surface area contributed by atoms with E-state index in [-0.39, 0.29) is 17.4 Å². The summed E-state index contributed by atoms with van der Waals surface area (Å²) in [4.78, 5) is 24.2. The van der Waals surface area contributed by atoms with Gasteiger partial charge in [0.05, 0.1) is 6.42 Å². The molecular weight excluding hydrogens is 290 g/mol. The van der Waals surface area contributed by atoms with Crippen LogP contribution in [0.4, 0.5) is 10.5 Å². The Kier molecular flexibility index (Phi) is 5.43. The smallest absolute Gasteiger partial charge is 0.304 e. The van der Waals surface area contributed by atoms with E-state index in [2.05, 4.69) is 23.3 Å². The van der Waals surface area contributed by atoms with Gasteiger partial charge in [0, 0.05) is 18.5 Å². The third kappa shape index (κ3) is 4.15. The highest BCUT2D eigenvalue weighted by atomic mass is 33.5. The molecule has 0 saturated heterocycles. The first kappa shape index (κ1) is 15.3. The monoisotopic (exact) mass is 305 g/mol. The molecular formula is C11H15NO3S3. The molecule has 0 saturated carbocycles. The van der Waals surface area contributed by atoms with Crippen molar-refractivity contribution in [1.82, 2.24) is 0 Å². The van der Waals surface area contributed by atoms with Gasteiger partial charge >= 0.3 is 5.97 Å². The van der Waals surface area contributed by atoms with Gasteiger partial charge in [-0.15, -0.1) is 23.3 Å². The fraction of sp³-hybridized carbons (Fsp3) is 0.273. The Hall–Kier alpha value is -0.790. The number of anilines is 1. The van der Waals surface area contributed by atoms with Crippen LogP contribution >= 0.6 is 31.4 Å². The number of amides is 1. The van der Waals surface area contributed by atoms with Crippen molar-refractivity contribution in [3.63, 3.8) is 0 Å². The molecule has 1 N–H and O–H groups in total. The Morgan fingerprint density at radius 2 is 1.83 bits per heavy atom. The van der Waals surface area contributed by atoms with Gasteiger partial charge in [-0.05, 0) is 12.1 Å². The van der Waals surface area contributed by atoms with Crippen molar-refractivity contribution in [1.29, 1.82) is 0 Å². The number of thiol groups is 2. The van der Waals surface area contributed by atoms with Crippen LogP contribution in [0.25, 0.3) is 0 Å². The molecule has 0 unspecified atom stereocenters. The van der Waals surface area contributed by atoms with Crippen molar-refractivity contribution < 1.29 is 14.7 Å². The van der Waals surface area contributed by atoms with Crippen LogP contribution in [0.1, 0.15) is 6.42 Å². The molecule has 0 spiro atoms. The number of carboxylic acids is 1. The van der Waals surface area contributed by atoms with Crippen molar-refractivity contribution in [2.45, 2.75) is 6.42 Å². The Labute approximate surface area is 117 Å². The van der Waals surface area contributed by atoms with Gasteiger partial charge in [-0.25, -0.2) is 0 Å².